The molecule has 4 nitrogen and oxygen atoms in total. The number of benzene rings is 7. The van der Waals surface area contributed by atoms with Crippen molar-refractivity contribution in [3.05, 3.63) is 218 Å². The van der Waals surface area contributed by atoms with Gasteiger partial charge in [-0.05, 0) is 96.1 Å². The highest BCUT2D eigenvalue weighted by Gasteiger charge is 2.29. The number of thiophene rings is 3. The Labute approximate surface area is 365 Å². The largest absolute Gasteiger partial charge is 0.305 e. The molecule has 0 spiro atoms. The molecule has 290 valence electrons. The van der Waals surface area contributed by atoms with Gasteiger partial charge in [0.2, 0.25) is 0 Å². The molecule has 12 aromatic rings. The lowest BCUT2D eigenvalue weighted by molar-refractivity contribution is 1.15. The second kappa shape index (κ2) is 14.8. The molecule has 7 heteroatoms. The van der Waals surface area contributed by atoms with Gasteiger partial charge in [-0.2, -0.15) is 0 Å². The number of anilines is 6. The molecule has 7 aromatic carbocycles. The van der Waals surface area contributed by atoms with Crippen molar-refractivity contribution < 1.29 is 0 Å². The summed E-state index contributed by atoms with van der Waals surface area (Å²) in [4.78, 5) is 4.78. The summed E-state index contributed by atoms with van der Waals surface area (Å²) in [6, 6.07) is 78.4. The molecular formula is C54H36N4S3. The predicted octanol–water partition coefficient (Wildman–Crippen LogP) is 16.7. The number of rotatable bonds is 9. The fraction of sp³-hybridized carbons (Fsp3) is 0. The van der Waals surface area contributed by atoms with Crippen molar-refractivity contribution in [3.8, 4) is 22.5 Å². The zero-order chi connectivity index (χ0) is 40.3. The SMILES string of the molecule is c1ccc(-c2ccc(-n3c4cc(N(c5ccccc5)c5ccccc5)sc4c4sc5c6sc(N(c7ccccc7)c7ccccc7)cc6n(-c6ccccc6)c5c43)cc2)cc1. The van der Waals surface area contributed by atoms with Crippen molar-refractivity contribution in [1.29, 1.82) is 0 Å². The van der Waals surface area contributed by atoms with Crippen LogP contribution < -0.4 is 9.80 Å². The molecular weight excluding hydrogens is 801 g/mol. The zero-order valence-corrected chi connectivity index (χ0v) is 35.2. The average molecular weight is 837 g/mol. The van der Waals surface area contributed by atoms with Gasteiger partial charge in [0.15, 0.2) is 0 Å². The molecule has 0 fully saturated rings. The molecule has 0 aliphatic heterocycles. The van der Waals surface area contributed by atoms with Gasteiger partial charge in [-0.15, -0.1) is 34.0 Å². The van der Waals surface area contributed by atoms with Crippen LogP contribution in [0.25, 0.3) is 63.4 Å². The van der Waals surface area contributed by atoms with Gasteiger partial charge in [0, 0.05) is 34.1 Å². The second-order valence-corrected chi connectivity index (χ2v) is 18.1. The monoisotopic (exact) mass is 836 g/mol. The summed E-state index contributed by atoms with van der Waals surface area (Å²) in [5.41, 5.74) is 14.1. The van der Waals surface area contributed by atoms with Crippen molar-refractivity contribution in [2.24, 2.45) is 0 Å². The van der Waals surface area contributed by atoms with E-state index in [0.29, 0.717) is 0 Å². The first-order valence-corrected chi connectivity index (χ1v) is 22.8. The highest BCUT2D eigenvalue weighted by molar-refractivity contribution is 7.35. The maximum Gasteiger partial charge on any atom is 0.103 e. The molecule has 5 aromatic heterocycles. The third-order valence-electron chi connectivity index (χ3n) is 11.3. The molecule has 12 rings (SSSR count). The van der Waals surface area contributed by atoms with E-state index in [4.69, 9.17) is 0 Å². The van der Waals surface area contributed by atoms with E-state index in [9.17, 15) is 0 Å². The molecule has 0 unspecified atom stereocenters. The van der Waals surface area contributed by atoms with Crippen LogP contribution >= 0.6 is 34.0 Å². The third kappa shape index (κ3) is 6.00. The fourth-order valence-electron chi connectivity index (χ4n) is 8.66. The van der Waals surface area contributed by atoms with Gasteiger partial charge in [-0.1, -0.05) is 133 Å². The van der Waals surface area contributed by atoms with Gasteiger partial charge in [0.25, 0.3) is 0 Å². The van der Waals surface area contributed by atoms with Gasteiger partial charge in [-0.25, -0.2) is 0 Å². The lowest BCUT2D eigenvalue weighted by Gasteiger charge is -2.23. The summed E-state index contributed by atoms with van der Waals surface area (Å²) >= 11 is 5.67. The normalized spacial score (nSPS) is 11.6. The van der Waals surface area contributed by atoms with Crippen molar-refractivity contribution in [2.75, 3.05) is 9.80 Å². The van der Waals surface area contributed by atoms with E-state index in [1.54, 1.807) is 0 Å². The van der Waals surface area contributed by atoms with Crippen LogP contribution in [0.4, 0.5) is 32.8 Å². The smallest absolute Gasteiger partial charge is 0.103 e. The van der Waals surface area contributed by atoms with Crippen molar-refractivity contribution in [2.45, 2.75) is 0 Å². The van der Waals surface area contributed by atoms with Crippen molar-refractivity contribution in [3.63, 3.8) is 0 Å². The number of hydrogen-bond donors (Lipinski definition) is 0. The Morgan fingerprint density at radius 2 is 0.623 bits per heavy atom. The first-order chi connectivity index (χ1) is 30.3. The Morgan fingerprint density at radius 3 is 1.02 bits per heavy atom. The Bertz CT molecular complexity index is 3360. The Balaban J connectivity index is 1.15. The summed E-state index contributed by atoms with van der Waals surface area (Å²) in [6.45, 7) is 0. The number of nitrogens with zero attached hydrogens (tertiary/aromatic N) is 4. The van der Waals surface area contributed by atoms with Gasteiger partial charge >= 0.3 is 0 Å². The molecule has 0 radical (unpaired) electrons. The topological polar surface area (TPSA) is 16.3 Å². The van der Waals surface area contributed by atoms with Crippen LogP contribution in [-0.4, -0.2) is 9.13 Å². The lowest BCUT2D eigenvalue weighted by Crippen LogP contribution is -2.08. The third-order valence-corrected chi connectivity index (χ3v) is 15.1. The molecule has 5 heterocycles. The molecule has 0 atom stereocenters. The van der Waals surface area contributed by atoms with Gasteiger partial charge < -0.3 is 18.9 Å². The zero-order valence-electron chi connectivity index (χ0n) is 32.8. The number of aromatic nitrogens is 2. The van der Waals surface area contributed by atoms with Crippen LogP contribution in [0.5, 0.6) is 0 Å². The molecule has 61 heavy (non-hydrogen) atoms. The predicted molar refractivity (Wildman–Crippen MR) is 264 cm³/mol. The van der Waals surface area contributed by atoms with Crippen molar-refractivity contribution >= 4 is 108 Å². The molecule has 0 bridgehead atoms. The first-order valence-electron chi connectivity index (χ1n) is 20.3. The minimum atomic E-state index is 1.13. The highest BCUT2D eigenvalue weighted by Crippen LogP contribution is 2.54. The number of para-hydroxylation sites is 5. The Hall–Kier alpha value is -7.16. The van der Waals surface area contributed by atoms with E-state index < -0.39 is 0 Å². The van der Waals surface area contributed by atoms with Crippen LogP contribution in [-0.2, 0) is 0 Å². The van der Waals surface area contributed by atoms with E-state index >= 15 is 0 Å². The van der Waals surface area contributed by atoms with Gasteiger partial charge in [0.05, 0.1) is 40.9 Å². The summed E-state index contributed by atoms with van der Waals surface area (Å²) in [5.74, 6) is 0. The summed E-state index contributed by atoms with van der Waals surface area (Å²) in [7, 11) is 0. The number of hydrogen-bond acceptors (Lipinski definition) is 5. The van der Waals surface area contributed by atoms with E-state index in [0.717, 1.165) is 34.1 Å². The minimum absolute atomic E-state index is 1.13. The lowest BCUT2D eigenvalue weighted by atomic mass is 10.1. The Morgan fingerprint density at radius 1 is 0.295 bits per heavy atom. The van der Waals surface area contributed by atoms with E-state index in [1.807, 2.05) is 34.0 Å². The van der Waals surface area contributed by atoms with Gasteiger partial charge in [0.1, 0.15) is 10.0 Å². The first kappa shape index (κ1) is 35.8. The van der Waals surface area contributed by atoms with Crippen LogP contribution in [0.2, 0.25) is 0 Å². The molecule has 0 N–H and O–H groups in total. The summed E-state index contributed by atoms with van der Waals surface area (Å²) in [5, 5.41) is 2.35. The minimum Gasteiger partial charge on any atom is -0.305 e. The highest BCUT2D eigenvalue weighted by atomic mass is 32.1. The molecule has 0 aliphatic carbocycles. The standard InChI is InChI=1S/C54H36N4S3/c1-7-19-37(20-8-1)38-31-33-44(34-32-38)58-46-36-48(56(41-25-13-4-14-26-41)42-27-15-5-16-28-42)60-52(46)54-50(58)49-53(61-54)51-45(57(49)43-29-17-6-18-30-43)35-47(59-51)55(39-21-9-2-10-22-39)40-23-11-3-12-24-40/h1-36H. The molecule has 0 saturated carbocycles. The van der Waals surface area contributed by atoms with E-state index in [1.165, 1.54) is 62.0 Å². The van der Waals surface area contributed by atoms with E-state index in [-0.39, 0.29) is 0 Å². The molecule has 0 aliphatic rings. The quantitative estimate of drug-likeness (QED) is 0.144. The van der Waals surface area contributed by atoms with Gasteiger partial charge in [-0.3, -0.25) is 0 Å². The Kier molecular flexibility index (Phi) is 8.70. The van der Waals surface area contributed by atoms with Crippen LogP contribution in [0.1, 0.15) is 0 Å². The molecule has 0 saturated heterocycles. The second-order valence-electron chi connectivity index (χ2n) is 15.0. The maximum atomic E-state index is 2.52. The fourth-order valence-corrected chi connectivity index (χ4v) is 12.6. The molecule has 0 amide bonds. The average Bonchev–Trinajstić information content (AvgIpc) is 4.14. The maximum absolute atomic E-state index is 2.52. The van der Waals surface area contributed by atoms with Crippen LogP contribution in [0.15, 0.2) is 218 Å². The van der Waals surface area contributed by atoms with Crippen LogP contribution in [0, 0.1) is 0 Å². The van der Waals surface area contributed by atoms with Crippen molar-refractivity contribution in [1.82, 2.24) is 9.13 Å². The summed E-state index contributed by atoms with van der Waals surface area (Å²) in [6.07, 6.45) is 0. The number of fused-ring (bicyclic) bond motifs is 7. The van der Waals surface area contributed by atoms with Crippen LogP contribution in [0.3, 0.4) is 0 Å². The van der Waals surface area contributed by atoms with E-state index in [2.05, 4.69) is 237 Å². The summed E-state index contributed by atoms with van der Waals surface area (Å²) < 4.78 is 10.2.